The molecule has 196 valence electrons. The van der Waals surface area contributed by atoms with Crippen molar-refractivity contribution in [2.24, 2.45) is 0 Å². The average Bonchev–Trinajstić information content (AvgIpc) is 3.34. The Labute approximate surface area is 227 Å². The van der Waals surface area contributed by atoms with Crippen LogP contribution in [0.15, 0.2) is 59.0 Å². The quantitative estimate of drug-likeness (QED) is 0.259. The van der Waals surface area contributed by atoms with Gasteiger partial charge in [0.1, 0.15) is 24.2 Å². The Hall–Kier alpha value is -3.68. The van der Waals surface area contributed by atoms with E-state index < -0.39 is 17.5 Å². The number of aliphatic hydroxyl groups is 2. The smallest absolute Gasteiger partial charge is 0.247 e. The molecule has 0 spiro atoms. The summed E-state index contributed by atoms with van der Waals surface area (Å²) in [7, 11) is 0. The number of benzene rings is 3. The summed E-state index contributed by atoms with van der Waals surface area (Å²) in [4.78, 5) is 0. The Morgan fingerprint density at radius 2 is 1.82 bits per heavy atom. The van der Waals surface area contributed by atoms with Gasteiger partial charge in [0.05, 0.1) is 28.7 Å². The number of rotatable bonds is 9. The molecule has 0 saturated heterocycles. The molecule has 0 aliphatic heterocycles. The van der Waals surface area contributed by atoms with Gasteiger partial charge in [-0.1, -0.05) is 29.3 Å². The van der Waals surface area contributed by atoms with Crippen molar-refractivity contribution in [1.82, 2.24) is 10.2 Å². The van der Waals surface area contributed by atoms with Crippen LogP contribution >= 0.6 is 23.2 Å². The zero-order valence-corrected chi connectivity index (χ0v) is 21.8. The molecule has 11 heteroatoms. The van der Waals surface area contributed by atoms with Crippen molar-refractivity contribution in [3.8, 4) is 34.8 Å². The molecule has 0 fully saturated rings. The van der Waals surface area contributed by atoms with Gasteiger partial charge in [0.25, 0.3) is 0 Å². The lowest BCUT2D eigenvalue weighted by Gasteiger charge is -2.24. The predicted octanol–water partition coefficient (Wildman–Crippen LogP) is 5.95. The second kappa shape index (κ2) is 11.4. The summed E-state index contributed by atoms with van der Waals surface area (Å²) in [5.74, 6) is 0.0845. The lowest BCUT2D eigenvalue weighted by Crippen LogP contribution is -2.40. The molecule has 0 aliphatic rings. The number of aliphatic hydroxyl groups excluding tert-OH is 1. The Morgan fingerprint density at radius 1 is 1.08 bits per heavy atom. The molecule has 0 saturated carbocycles. The van der Waals surface area contributed by atoms with Crippen LogP contribution in [0.5, 0.6) is 17.2 Å². The topological polar surface area (TPSA) is 122 Å². The highest BCUT2D eigenvalue weighted by Crippen LogP contribution is 2.36. The second-order valence-electron chi connectivity index (χ2n) is 8.92. The molecular weight excluding hydrogens is 536 g/mol. The number of halogens is 3. The zero-order valence-electron chi connectivity index (χ0n) is 20.3. The van der Waals surface area contributed by atoms with Crippen LogP contribution in [-0.4, -0.2) is 38.7 Å². The minimum Gasteiger partial charge on any atom is -0.491 e. The van der Waals surface area contributed by atoms with E-state index in [1.807, 2.05) is 6.07 Å². The van der Waals surface area contributed by atoms with Crippen LogP contribution in [0.1, 0.15) is 30.9 Å². The molecule has 4 aromatic rings. The van der Waals surface area contributed by atoms with Crippen LogP contribution in [0.25, 0.3) is 11.5 Å². The summed E-state index contributed by atoms with van der Waals surface area (Å²) >= 11 is 12.2. The maximum atomic E-state index is 15.3. The first-order valence-electron chi connectivity index (χ1n) is 11.3. The third-order valence-electron chi connectivity index (χ3n) is 5.48. The van der Waals surface area contributed by atoms with Crippen molar-refractivity contribution in [1.29, 1.82) is 5.26 Å². The number of nitriles is 1. The third-order valence-corrected chi connectivity index (χ3v) is 6.00. The van der Waals surface area contributed by atoms with Crippen molar-refractivity contribution in [3.05, 3.63) is 87.5 Å². The standard InChI is InChI=1S/C27H22Cl2FN3O5/c1-27(2,35)22(34)14-36-19-6-3-16(4-7-19)26-33-32-23(38-26)11-17-5-8-21(29)25(24(17)30)37-20-10-15(13-31)9-18(28)12-20/h3-10,12,22,34-35H,11,14H2,1-2H3/t22-/m0/s1. The Balaban J connectivity index is 1.47. The van der Waals surface area contributed by atoms with E-state index in [9.17, 15) is 10.2 Å². The van der Waals surface area contributed by atoms with E-state index in [-0.39, 0.29) is 57.5 Å². The zero-order chi connectivity index (χ0) is 27.4. The minimum atomic E-state index is -1.28. The summed E-state index contributed by atoms with van der Waals surface area (Å²) in [5, 5.41) is 37.1. The van der Waals surface area contributed by atoms with Gasteiger partial charge in [-0.25, -0.2) is 4.39 Å². The molecule has 0 amide bonds. The van der Waals surface area contributed by atoms with Gasteiger partial charge in [-0.05, 0) is 62.4 Å². The van der Waals surface area contributed by atoms with E-state index in [1.165, 1.54) is 44.2 Å². The fourth-order valence-corrected chi connectivity index (χ4v) is 3.69. The van der Waals surface area contributed by atoms with Crippen molar-refractivity contribution < 1.29 is 28.5 Å². The summed E-state index contributed by atoms with van der Waals surface area (Å²) in [6, 6.07) is 16.0. The number of nitrogens with zero attached hydrogens (tertiary/aromatic N) is 3. The molecule has 1 heterocycles. The van der Waals surface area contributed by atoms with Crippen LogP contribution in [-0.2, 0) is 6.42 Å². The first-order valence-corrected chi connectivity index (χ1v) is 12.1. The van der Waals surface area contributed by atoms with Gasteiger partial charge >= 0.3 is 0 Å². The minimum absolute atomic E-state index is 0.0264. The molecule has 38 heavy (non-hydrogen) atoms. The predicted molar refractivity (Wildman–Crippen MR) is 138 cm³/mol. The lowest BCUT2D eigenvalue weighted by atomic mass is 10.0. The number of hydrogen-bond acceptors (Lipinski definition) is 8. The van der Waals surface area contributed by atoms with E-state index >= 15 is 4.39 Å². The monoisotopic (exact) mass is 557 g/mol. The van der Waals surface area contributed by atoms with Crippen LogP contribution < -0.4 is 9.47 Å². The highest BCUT2D eigenvalue weighted by atomic mass is 35.5. The summed E-state index contributed by atoms with van der Waals surface area (Å²) < 4.78 is 32.2. The van der Waals surface area contributed by atoms with Crippen molar-refractivity contribution in [3.63, 3.8) is 0 Å². The Kier molecular flexibility index (Phi) is 8.19. The van der Waals surface area contributed by atoms with E-state index in [0.717, 1.165) is 0 Å². The largest absolute Gasteiger partial charge is 0.491 e. The first kappa shape index (κ1) is 27.4. The highest BCUT2D eigenvalue weighted by molar-refractivity contribution is 6.32. The van der Waals surface area contributed by atoms with E-state index in [1.54, 1.807) is 24.3 Å². The Bertz CT molecular complexity index is 1480. The SMILES string of the molecule is CC(C)(O)[C@@H](O)COc1ccc(-c2nnc(Cc3ccc(Cl)c(Oc4cc(Cl)cc(C#N)c4)c3F)o2)cc1. The van der Waals surface area contributed by atoms with Gasteiger partial charge in [-0.3, -0.25) is 0 Å². The van der Waals surface area contributed by atoms with Crippen LogP contribution in [0.4, 0.5) is 4.39 Å². The highest BCUT2D eigenvalue weighted by Gasteiger charge is 2.25. The molecular formula is C27H22Cl2FN3O5. The van der Waals surface area contributed by atoms with Gasteiger partial charge in [-0.15, -0.1) is 10.2 Å². The molecule has 1 atom stereocenters. The number of aromatic nitrogens is 2. The fraction of sp³-hybridized carbons (Fsp3) is 0.222. The van der Waals surface area contributed by atoms with Gasteiger partial charge in [0.2, 0.25) is 11.8 Å². The second-order valence-corrected chi connectivity index (χ2v) is 9.77. The van der Waals surface area contributed by atoms with Crippen molar-refractivity contribution in [2.75, 3.05) is 6.61 Å². The lowest BCUT2D eigenvalue weighted by molar-refractivity contribution is -0.0661. The van der Waals surface area contributed by atoms with Gasteiger partial charge in [0.15, 0.2) is 11.6 Å². The molecule has 0 aliphatic carbocycles. The first-order chi connectivity index (χ1) is 18.0. The third kappa shape index (κ3) is 6.60. The van der Waals surface area contributed by atoms with Gasteiger partial charge < -0.3 is 24.1 Å². The molecule has 4 rings (SSSR count). The molecule has 0 radical (unpaired) electrons. The number of hydrogen-bond donors (Lipinski definition) is 2. The molecule has 8 nitrogen and oxygen atoms in total. The molecule has 2 N–H and O–H groups in total. The maximum Gasteiger partial charge on any atom is 0.247 e. The molecule has 0 bridgehead atoms. The van der Waals surface area contributed by atoms with Crippen molar-refractivity contribution >= 4 is 23.2 Å². The summed E-state index contributed by atoms with van der Waals surface area (Å²) in [5.41, 5.74) is -0.220. The summed E-state index contributed by atoms with van der Waals surface area (Å²) in [6.07, 6.45) is -1.08. The molecule has 0 unspecified atom stereocenters. The molecule has 1 aromatic heterocycles. The van der Waals surface area contributed by atoms with Crippen LogP contribution in [0.2, 0.25) is 10.0 Å². The fourth-order valence-electron chi connectivity index (χ4n) is 3.28. The van der Waals surface area contributed by atoms with Crippen LogP contribution in [0.3, 0.4) is 0 Å². The van der Waals surface area contributed by atoms with E-state index in [4.69, 9.17) is 42.4 Å². The summed E-state index contributed by atoms with van der Waals surface area (Å²) in [6.45, 7) is 2.90. The van der Waals surface area contributed by atoms with Gasteiger partial charge in [0, 0.05) is 16.1 Å². The normalized spacial score (nSPS) is 12.2. The number of ether oxygens (including phenoxy) is 2. The van der Waals surface area contributed by atoms with Gasteiger partial charge in [-0.2, -0.15) is 5.26 Å². The van der Waals surface area contributed by atoms with Crippen molar-refractivity contribution in [2.45, 2.75) is 32.0 Å². The average molecular weight is 558 g/mol. The van der Waals surface area contributed by atoms with E-state index in [2.05, 4.69) is 10.2 Å². The molecule has 3 aromatic carbocycles. The Morgan fingerprint density at radius 3 is 2.50 bits per heavy atom. The van der Waals surface area contributed by atoms with Crippen LogP contribution in [0, 0.1) is 17.1 Å². The van der Waals surface area contributed by atoms with E-state index in [0.29, 0.717) is 11.3 Å². The maximum absolute atomic E-state index is 15.3.